The number of nitriles is 1. The number of anilines is 1. The van der Waals surface area contributed by atoms with Crippen molar-refractivity contribution >= 4 is 67.7 Å². The van der Waals surface area contributed by atoms with Crippen molar-refractivity contribution < 1.29 is 4.79 Å². The van der Waals surface area contributed by atoms with Crippen molar-refractivity contribution in [3.8, 4) is 6.07 Å². The topological polar surface area (TPSA) is 57.8 Å². The number of aromatic nitrogens is 1. The number of nitrogens with zero attached hydrogens (tertiary/aromatic N) is 2. The predicted octanol–water partition coefficient (Wildman–Crippen LogP) is 7.30. The summed E-state index contributed by atoms with van der Waals surface area (Å²) in [5.41, 5.74) is 3.28. The number of fused-ring (bicyclic) bond motifs is 1. The highest BCUT2D eigenvalue weighted by Crippen LogP contribution is 2.27. The van der Waals surface area contributed by atoms with E-state index in [1.54, 1.807) is 30.3 Å². The van der Waals surface area contributed by atoms with Gasteiger partial charge in [-0.1, -0.05) is 63.4 Å². The van der Waals surface area contributed by atoms with Crippen LogP contribution in [0.4, 0.5) is 5.69 Å². The lowest BCUT2D eigenvalue weighted by Crippen LogP contribution is -2.13. The van der Waals surface area contributed by atoms with Gasteiger partial charge in [0.1, 0.15) is 11.6 Å². The Balaban J connectivity index is 1.68. The summed E-state index contributed by atoms with van der Waals surface area (Å²) in [6.45, 7) is 0.525. The van der Waals surface area contributed by atoms with Crippen LogP contribution in [0.1, 0.15) is 11.1 Å². The fourth-order valence-corrected chi connectivity index (χ4v) is 4.12. The van der Waals surface area contributed by atoms with E-state index in [2.05, 4.69) is 21.2 Å². The molecule has 0 fully saturated rings. The van der Waals surface area contributed by atoms with Crippen molar-refractivity contribution in [1.29, 1.82) is 5.26 Å². The lowest BCUT2D eigenvalue weighted by molar-refractivity contribution is -0.112. The molecule has 4 rings (SSSR count). The normalized spacial score (nSPS) is 11.4. The van der Waals surface area contributed by atoms with E-state index in [9.17, 15) is 10.1 Å². The first-order valence-electron chi connectivity index (χ1n) is 9.65. The van der Waals surface area contributed by atoms with E-state index in [-0.39, 0.29) is 5.57 Å². The summed E-state index contributed by atoms with van der Waals surface area (Å²) >= 11 is 15.7. The number of amides is 1. The van der Waals surface area contributed by atoms with Crippen LogP contribution in [0, 0.1) is 11.3 Å². The molecule has 0 saturated heterocycles. The van der Waals surface area contributed by atoms with Gasteiger partial charge in [-0.3, -0.25) is 4.79 Å². The van der Waals surface area contributed by atoms with Crippen LogP contribution in [0.2, 0.25) is 10.0 Å². The van der Waals surface area contributed by atoms with Crippen molar-refractivity contribution in [2.75, 3.05) is 5.32 Å². The lowest BCUT2D eigenvalue weighted by Gasteiger charge is -2.08. The van der Waals surface area contributed by atoms with E-state index < -0.39 is 5.91 Å². The van der Waals surface area contributed by atoms with Crippen LogP contribution in [-0.4, -0.2) is 10.5 Å². The van der Waals surface area contributed by atoms with Crippen LogP contribution >= 0.6 is 39.1 Å². The fraction of sp³-hybridized carbons (Fsp3) is 0.0400. The van der Waals surface area contributed by atoms with Gasteiger partial charge < -0.3 is 9.88 Å². The summed E-state index contributed by atoms with van der Waals surface area (Å²) in [6, 6.07) is 22.4. The molecule has 0 saturated carbocycles. The van der Waals surface area contributed by atoms with Crippen LogP contribution in [0.15, 0.2) is 83.0 Å². The van der Waals surface area contributed by atoms with Gasteiger partial charge in [0.25, 0.3) is 5.91 Å². The molecule has 32 heavy (non-hydrogen) atoms. The minimum absolute atomic E-state index is 0.0142. The van der Waals surface area contributed by atoms with E-state index in [1.165, 1.54) is 0 Å². The fourth-order valence-electron chi connectivity index (χ4n) is 3.39. The number of carbonyl (C=O) groups excluding carboxylic acids is 1. The highest BCUT2D eigenvalue weighted by molar-refractivity contribution is 9.10. The molecule has 0 aliphatic rings. The van der Waals surface area contributed by atoms with Gasteiger partial charge in [0.05, 0.1) is 0 Å². The first-order chi connectivity index (χ1) is 15.4. The van der Waals surface area contributed by atoms with Gasteiger partial charge >= 0.3 is 0 Å². The number of hydrogen-bond donors (Lipinski definition) is 1. The summed E-state index contributed by atoms with van der Waals surface area (Å²) in [6.07, 6.45) is 3.52. The third-order valence-electron chi connectivity index (χ3n) is 4.94. The number of carbonyl (C=O) groups is 1. The summed E-state index contributed by atoms with van der Waals surface area (Å²) in [4.78, 5) is 12.7. The van der Waals surface area contributed by atoms with Crippen molar-refractivity contribution in [1.82, 2.24) is 4.57 Å². The van der Waals surface area contributed by atoms with E-state index in [1.807, 2.05) is 59.3 Å². The predicted molar refractivity (Wildman–Crippen MR) is 134 cm³/mol. The van der Waals surface area contributed by atoms with Gasteiger partial charge in [0, 0.05) is 49.4 Å². The second-order valence-electron chi connectivity index (χ2n) is 7.10. The molecule has 3 aromatic carbocycles. The van der Waals surface area contributed by atoms with Crippen molar-refractivity contribution in [2.45, 2.75) is 6.54 Å². The highest BCUT2D eigenvalue weighted by atomic mass is 79.9. The first kappa shape index (κ1) is 22.2. The Hall–Kier alpha value is -3.04. The molecule has 0 unspecified atom stereocenters. The van der Waals surface area contributed by atoms with Crippen LogP contribution in [0.5, 0.6) is 0 Å². The molecule has 1 amide bonds. The largest absolute Gasteiger partial charge is 0.342 e. The number of nitrogens with one attached hydrogen (secondary N) is 1. The standard InChI is InChI=1S/C25H16BrCl2N3O/c26-19-6-9-21(10-7-19)30-25(32)17(13-29)11-18-15-31(24-4-2-1-3-22(18)24)14-16-5-8-20(27)12-23(16)28/h1-12,15H,14H2,(H,30,32)/b17-11+. The molecule has 0 atom stereocenters. The SMILES string of the molecule is N#C/C(=C\c1cn(Cc2ccc(Cl)cc2Cl)c2ccccc12)C(=O)Nc1ccc(Br)cc1. The zero-order chi connectivity index (χ0) is 22.7. The van der Waals surface area contributed by atoms with Crippen molar-refractivity contribution in [2.24, 2.45) is 0 Å². The maximum absolute atomic E-state index is 12.7. The Bertz CT molecular complexity index is 1380. The number of hydrogen-bond acceptors (Lipinski definition) is 2. The molecular weight excluding hydrogens is 509 g/mol. The molecule has 158 valence electrons. The number of para-hydroxylation sites is 1. The van der Waals surface area contributed by atoms with E-state index >= 15 is 0 Å². The van der Waals surface area contributed by atoms with E-state index in [0.717, 1.165) is 26.5 Å². The van der Waals surface area contributed by atoms with Crippen LogP contribution in [0.3, 0.4) is 0 Å². The monoisotopic (exact) mass is 523 g/mol. The van der Waals surface area contributed by atoms with Crippen LogP contribution < -0.4 is 5.32 Å². The van der Waals surface area contributed by atoms with Gasteiger partial charge in [-0.15, -0.1) is 0 Å². The quantitative estimate of drug-likeness (QED) is 0.220. The second kappa shape index (κ2) is 9.62. The third kappa shape index (κ3) is 4.89. The van der Waals surface area contributed by atoms with Gasteiger partial charge in [-0.2, -0.15) is 5.26 Å². The summed E-state index contributed by atoms with van der Waals surface area (Å²) in [7, 11) is 0. The number of rotatable bonds is 5. The lowest BCUT2D eigenvalue weighted by atomic mass is 10.1. The molecule has 1 heterocycles. The number of benzene rings is 3. The summed E-state index contributed by atoms with van der Waals surface area (Å²) < 4.78 is 2.94. The zero-order valence-corrected chi connectivity index (χ0v) is 19.7. The maximum Gasteiger partial charge on any atom is 0.266 e. The second-order valence-corrected chi connectivity index (χ2v) is 8.86. The maximum atomic E-state index is 12.7. The Kier molecular flexibility index (Phi) is 6.66. The molecule has 4 aromatic rings. The van der Waals surface area contributed by atoms with Crippen LogP contribution in [-0.2, 0) is 11.3 Å². The van der Waals surface area contributed by atoms with Crippen molar-refractivity contribution in [3.63, 3.8) is 0 Å². The highest BCUT2D eigenvalue weighted by Gasteiger charge is 2.14. The molecule has 0 bridgehead atoms. The molecule has 4 nitrogen and oxygen atoms in total. The molecule has 0 spiro atoms. The van der Waals surface area contributed by atoms with E-state index in [0.29, 0.717) is 22.3 Å². The summed E-state index contributed by atoms with van der Waals surface area (Å²) in [5, 5.41) is 14.5. The average Bonchev–Trinajstić information content (AvgIpc) is 3.13. The van der Waals surface area contributed by atoms with E-state index in [4.69, 9.17) is 23.2 Å². The smallest absolute Gasteiger partial charge is 0.266 e. The van der Waals surface area contributed by atoms with Gasteiger partial charge in [0.2, 0.25) is 0 Å². The average molecular weight is 525 g/mol. The van der Waals surface area contributed by atoms with Gasteiger partial charge in [-0.05, 0) is 54.1 Å². The number of halogens is 3. The Morgan fingerprint density at radius 1 is 1.09 bits per heavy atom. The minimum atomic E-state index is -0.465. The molecule has 1 N–H and O–H groups in total. The zero-order valence-electron chi connectivity index (χ0n) is 16.6. The molecule has 7 heteroatoms. The molecule has 0 aliphatic carbocycles. The molecule has 1 aromatic heterocycles. The minimum Gasteiger partial charge on any atom is -0.342 e. The molecule has 0 radical (unpaired) electrons. The van der Waals surface area contributed by atoms with Crippen molar-refractivity contribution in [3.05, 3.63) is 104 Å². The Labute approximate surface area is 203 Å². The third-order valence-corrected chi connectivity index (χ3v) is 6.06. The van der Waals surface area contributed by atoms with Gasteiger partial charge in [0.15, 0.2) is 0 Å². The molecule has 0 aliphatic heterocycles. The Morgan fingerprint density at radius 2 is 1.84 bits per heavy atom. The summed E-state index contributed by atoms with van der Waals surface area (Å²) in [5.74, 6) is -0.465. The van der Waals surface area contributed by atoms with Crippen LogP contribution in [0.25, 0.3) is 17.0 Å². The molecular formula is C25H16BrCl2N3O. The van der Waals surface area contributed by atoms with Gasteiger partial charge in [-0.25, -0.2) is 0 Å². The first-order valence-corrected chi connectivity index (χ1v) is 11.2. The Morgan fingerprint density at radius 3 is 2.56 bits per heavy atom.